The summed E-state index contributed by atoms with van der Waals surface area (Å²) >= 11 is 0. The van der Waals surface area contributed by atoms with Crippen molar-refractivity contribution >= 4 is 17.6 Å². The summed E-state index contributed by atoms with van der Waals surface area (Å²) in [6.07, 6.45) is 0.573. The molecule has 2 aliphatic heterocycles. The first-order valence-electron chi connectivity index (χ1n) is 13.6. The third-order valence-electron chi connectivity index (χ3n) is 6.92. The number of carbonyl (C=O) groups excluding carboxylic acids is 2. The van der Waals surface area contributed by atoms with Crippen molar-refractivity contribution in [2.24, 2.45) is 5.10 Å². The fraction of sp³-hybridized carbons (Fsp3) is 0.500. The lowest BCUT2D eigenvalue weighted by molar-refractivity contribution is -0.133. The molecule has 1 N–H and O–H groups in total. The lowest BCUT2D eigenvalue weighted by Crippen LogP contribution is -2.53. The molecule has 1 fully saturated rings. The molecule has 39 heavy (non-hydrogen) atoms. The Labute approximate surface area is 231 Å². The summed E-state index contributed by atoms with van der Waals surface area (Å²) in [7, 11) is 1.63. The molecule has 0 aromatic heterocycles. The number of amides is 3. The molecule has 3 amide bonds. The molecular weight excluding hydrogens is 494 g/mol. The number of rotatable bonds is 8. The van der Waals surface area contributed by atoms with Gasteiger partial charge in [-0.05, 0) is 45.4 Å². The van der Waals surface area contributed by atoms with Crippen molar-refractivity contribution in [2.45, 2.75) is 45.7 Å². The fourth-order valence-corrected chi connectivity index (χ4v) is 4.74. The zero-order valence-corrected chi connectivity index (χ0v) is 23.8. The third kappa shape index (κ3) is 7.80. The maximum absolute atomic E-state index is 13.9. The van der Waals surface area contributed by atoms with Crippen molar-refractivity contribution in [1.29, 1.82) is 0 Å². The Bertz CT molecular complexity index is 1170. The largest absolute Gasteiger partial charge is 0.497 e. The van der Waals surface area contributed by atoms with Crippen LogP contribution in [0.3, 0.4) is 0 Å². The first-order valence-corrected chi connectivity index (χ1v) is 13.6. The molecule has 9 heteroatoms. The molecule has 2 aromatic carbocycles. The summed E-state index contributed by atoms with van der Waals surface area (Å²) in [5.74, 6) is 0.518. The Morgan fingerprint density at radius 3 is 2.51 bits per heavy atom. The lowest BCUT2D eigenvalue weighted by atomic mass is 9.97. The van der Waals surface area contributed by atoms with E-state index in [0.29, 0.717) is 32.7 Å². The predicted octanol–water partition coefficient (Wildman–Crippen LogP) is 3.82. The van der Waals surface area contributed by atoms with E-state index in [1.54, 1.807) is 17.0 Å². The molecule has 0 aliphatic carbocycles. The summed E-state index contributed by atoms with van der Waals surface area (Å²) in [6, 6.07) is 15.4. The molecule has 2 aromatic rings. The highest BCUT2D eigenvalue weighted by molar-refractivity contribution is 6.03. The second-order valence-corrected chi connectivity index (χ2v) is 11.2. The average molecular weight is 536 g/mol. The number of morpholine rings is 1. The van der Waals surface area contributed by atoms with E-state index < -0.39 is 5.54 Å². The molecule has 0 saturated carbocycles. The van der Waals surface area contributed by atoms with Gasteiger partial charge in [0.05, 0.1) is 32.1 Å². The highest BCUT2D eigenvalue weighted by Gasteiger charge is 2.35. The summed E-state index contributed by atoms with van der Waals surface area (Å²) in [6.45, 7) is 11.9. The minimum Gasteiger partial charge on any atom is -0.497 e. The molecule has 2 aliphatic rings. The fourth-order valence-electron chi connectivity index (χ4n) is 4.74. The van der Waals surface area contributed by atoms with Gasteiger partial charge < -0.3 is 19.7 Å². The SMILES string of the molecule is COc1cccc(C2=NN(C(=O)CN(CCN3CCOCC3)C(=O)NC(C)(C)C)C(c3ccc(C)cc3)C2)c1. The number of urea groups is 1. The lowest BCUT2D eigenvalue weighted by Gasteiger charge is -2.32. The Kier molecular flexibility index (Phi) is 9.24. The van der Waals surface area contributed by atoms with E-state index in [9.17, 15) is 9.59 Å². The zero-order chi connectivity index (χ0) is 28.0. The van der Waals surface area contributed by atoms with Crippen LogP contribution in [0.2, 0.25) is 0 Å². The molecule has 0 bridgehead atoms. The summed E-state index contributed by atoms with van der Waals surface area (Å²) in [5.41, 5.74) is 3.46. The van der Waals surface area contributed by atoms with E-state index in [1.165, 1.54) is 0 Å². The van der Waals surface area contributed by atoms with E-state index in [1.807, 2.05) is 76.2 Å². The number of carbonyl (C=O) groups is 2. The summed E-state index contributed by atoms with van der Waals surface area (Å²) in [5, 5.41) is 9.39. The van der Waals surface area contributed by atoms with Gasteiger partial charge in [0.2, 0.25) is 0 Å². The van der Waals surface area contributed by atoms with Crippen LogP contribution in [0, 0.1) is 6.92 Å². The van der Waals surface area contributed by atoms with Crippen LogP contribution in [0.25, 0.3) is 0 Å². The number of aryl methyl sites for hydroxylation is 1. The number of nitrogens with zero attached hydrogens (tertiary/aromatic N) is 4. The quantitative estimate of drug-likeness (QED) is 0.555. The number of hydrogen-bond donors (Lipinski definition) is 1. The topological polar surface area (TPSA) is 86.7 Å². The van der Waals surface area contributed by atoms with Gasteiger partial charge in [-0.1, -0.05) is 42.0 Å². The second kappa shape index (κ2) is 12.6. The maximum atomic E-state index is 13.9. The van der Waals surface area contributed by atoms with E-state index in [2.05, 4.69) is 10.2 Å². The van der Waals surface area contributed by atoms with Crippen LogP contribution in [-0.2, 0) is 9.53 Å². The van der Waals surface area contributed by atoms with Crippen molar-refractivity contribution in [3.63, 3.8) is 0 Å². The number of methoxy groups -OCH3 is 1. The molecule has 1 saturated heterocycles. The molecule has 2 heterocycles. The van der Waals surface area contributed by atoms with Gasteiger partial charge in [-0.15, -0.1) is 0 Å². The smallest absolute Gasteiger partial charge is 0.318 e. The number of ether oxygens (including phenoxy) is 2. The van der Waals surface area contributed by atoms with E-state index in [-0.39, 0.29) is 24.5 Å². The number of hydrazone groups is 1. The van der Waals surface area contributed by atoms with Gasteiger partial charge in [0.15, 0.2) is 0 Å². The van der Waals surface area contributed by atoms with Gasteiger partial charge >= 0.3 is 6.03 Å². The monoisotopic (exact) mass is 535 g/mol. The second-order valence-electron chi connectivity index (χ2n) is 11.2. The molecule has 9 nitrogen and oxygen atoms in total. The van der Waals surface area contributed by atoms with Gasteiger partial charge in [0.25, 0.3) is 5.91 Å². The standard InChI is InChI=1S/C30H41N5O4/c1-22-9-11-23(12-10-22)27-20-26(24-7-6-8-25(19-24)38-5)32-35(27)28(36)21-34(29(37)31-30(2,3)4)14-13-33-15-17-39-18-16-33/h6-12,19,27H,13-18,20-21H2,1-5H3,(H,31,37). The molecule has 210 valence electrons. The van der Waals surface area contributed by atoms with Crippen LogP contribution < -0.4 is 10.1 Å². The van der Waals surface area contributed by atoms with Crippen molar-refractivity contribution < 1.29 is 19.1 Å². The molecule has 1 unspecified atom stereocenters. The zero-order valence-electron chi connectivity index (χ0n) is 23.8. The Balaban J connectivity index is 1.58. The normalized spacial score (nSPS) is 18.0. The van der Waals surface area contributed by atoms with Gasteiger partial charge in [0, 0.05) is 43.7 Å². The first-order chi connectivity index (χ1) is 18.6. The number of hydrogen-bond acceptors (Lipinski definition) is 6. The Morgan fingerprint density at radius 1 is 1.13 bits per heavy atom. The van der Waals surface area contributed by atoms with Crippen LogP contribution in [0.15, 0.2) is 53.6 Å². The average Bonchev–Trinajstić information content (AvgIpc) is 3.37. The molecule has 0 spiro atoms. The van der Waals surface area contributed by atoms with Gasteiger partial charge in [-0.25, -0.2) is 9.80 Å². The van der Waals surface area contributed by atoms with Gasteiger partial charge in [-0.2, -0.15) is 5.10 Å². The predicted molar refractivity (Wildman–Crippen MR) is 152 cm³/mol. The Morgan fingerprint density at radius 2 is 1.85 bits per heavy atom. The van der Waals surface area contributed by atoms with Crippen LogP contribution >= 0.6 is 0 Å². The third-order valence-corrected chi connectivity index (χ3v) is 6.92. The first kappa shape index (κ1) is 28.6. The van der Waals surface area contributed by atoms with Gasteiger partial charge in [0.1, 0.15) is 12.3 Å². The van der Waals surface area contributed by atoms with Crippen molar-refractivity contribution in [3.05, 3.63) is 65.2 Å². The summed E-state index contributed by atoms with van der Waals surface area (Å²) in [4.78, 5) is 31.0. The van der Waals surface area contributed by atoms with Crippen LogP contribution in [0.4, 0.5) is 4.79 Å². The minimum atomic E-state index is -0.424. The maximum Gasteiger partial charge on any atom is 0.318 e. The Hall–Kier alpha value is -3.43. The number of benzene rings is 2. The molecule has 0 radical (unpaired) electrons. The number of nitrogens with one attached hydrogen (secondary N) is 1. The van der Waals surface area contributed by atoms with Gasteiger partial charge in [-0.3, -0.25) is 9.69 Å². The molecule has 1 atom stereocenters. The molecular formula is C30H41N5O4. The van der Waals surface area contributed by atoms with Crippen LogP contribution in [0.1, 0.15) is 49.9 Å². The van der Waals surface area contributed by atoms with Crippen LogP contribution in [0.5, 0.6) is 5.75 Å². The van der Waals surface area contributed by atoms with Crippen molar-refractivity contribution in [2.75, 3.05) is 53.0 Å². The molecule has 4 rings (SSSR count). The van der Waals surface area contributed by atoms with Crippen molar-refractivity contribution in [1.82, 2.24) is 20.1 Å². The highest BCUT2D eigenvalue weighted by atomic mass is 16.5. The highest BCUT2D eigenvalue weighted by Crippen LogP contribution is 2.33. The van der Waals surface area contributed by atoms with Crippen LogP contribution in [-0.4, -0.2) is 91.0 Å². The van der Waals surface area contributed by atoms with Crippen molar-refractivity contribution in [3.8, 4) is 5.75 Å². The van der Waals surface area contributed by atoms with E-state index >= 15 is 0 Å². The van der Waals surface area contributed by atoms with E-state index in [0.717, 1.165) is 41.2 Å². The minimum absolute atomic E-state index is 0.0660. The van der Waals surface area contributed by atoms with E-state index in [4.69, 9.17) is 14.6 Å². The summed E-state index contributed by atoms with van der Waals surface area (Å²) < 4.78 is 10.9.